The fourth-order valence-electron chi connectivity index (χ4n) is 3.75. The van der Waals surface area contributed by atoms with Crippen molar-refractivity contribution in [3.63, 3.8) is 0 Å². The lowest BCUT2D eigenvalue weighted by molar-refractivity contribution is -0.0135. The monoisotopic (exact) mass is 366 g/mol. The van der Waals surface area contributed by atoms with E-state index in [0.29, 0.717) is 25.8 Å². The van der Waals surface area contributed by atoms with Gasteiger partial charge in [0.25, 0.3) is 0 Å². The summed E-state index contributed by atoms with van der Waals surface area (Å²) in [6.07, 6.45) is 4.93. The summed E-state index contributed by atoms with van der Waals surface area (Å²) in [5.74, 6) is 0.823. The average Bonchev–Trinajstić information content (AvgIpc) is 3.22. The van der Waals surface area contributed by atoms with Crippen LogP contribution in [0.2, 0.25) is 0 Å². The third-order valence-corrected chi connectivity index (χ3v) is 5.22. The van der Waals surface area contributed by atoms with Crippen LogP contribution in [0.5, 0.6) is 5.75 Å². The van der Waals surface area contributed by atoms with E-state index >= 15 is 0 Å². The van der Waals surface area contributed by atoms with Crippen LogP contribution >= 0.6 is 0 Å². The topological polar surface area (TPSA) is 50.8 Å². The highest BCUT2D eigenvalue weighted by molar-refractivity contribution is 5.89. The van der Waals surface area contributed by atoms with Crippen molar-refractivity contribution in [3.05, 3.63) is 60.2 Å². The second kappa shape index (κ2) is 8.44. The summed E-state index contributed by atoms with van der Waals surface area (Å²) in [4.78, 5) is 14.5. The van der Waals surface area contributed by atoms with Crippen LogP contribution in [-0.4, -0.2) is 36.7 Å². The number of morpholine rings is 1. The van der Waals surface area contributed by atoms with E-state index in [-0.39, 0.29) is 12.1 Å². The summed E-state index contributed by atoms with van der Waals surface area (Å²) in [5, 5.41) is 3.00. The smallest absolute Gasteiger partial charge is 0.322 e. The van der Waals surface area contributed by atoms with Gasteiger partial charge in [-0.2, -0.15) is 0 Å². The maximum atomic E-state index is 12.7. The summed E-state index contributed by atoms with van der Waals surface area (Å²) in [6.45, 7) is 1.68. The van der Waals surface area contributed by atoms with Gasteiger partial charge in [0.1, 0.15) is 11.9 Å². The van der Waals surface area contributed by atoms with E-state index < -0.39 is 0 Å². The fraction of sp³-hybridized carbons (Fsp3) is 0.409. The second-order valence-electron chi connectivity index (χ2n) is 7.20. The van der Waals surface area contributed by atoms with Crippen LogP contribution in [0.15, 0.2) is 54.6 Å². The number of carbonyl (C=O) groups excluding carboxylic acids is 1. The number of nitrogens with zero attached hydrogens (tertiary/aromatic N) is 1. The zero-order valence-electron chi connectivity index (χ0n) is 15.5. The van der Waals surface area contributed by atoms with Crippen molar-refractivity contribution in [1.82, 2.24) is 4.90 Å². The Hall–Kier alpha value is -2.53. The molecule has 4 rings (SSSR count). The molecule has 2 aliphatic rings. The van der Waals surface area contributed by atoms with E-state index in [9.17, 15) is 4.79 Å². The van der Waals surface area contributed by atoms with Crippen LogP contribution in [0, 0.1) is 0 Å². The maximum absolute atomic E-state index is 12.7. The van der Waals surface area contributed by atoms with Gasteiger partial charge in [0.05, 0.1) is 19.3 Å². The summed E-state index contributed by atoms with van der Waals surface area (Å²) in [7, 11) is 0. The van der Waals surface area contributed by atoms with Crippen LogP contribution in [0.1, 0.15) is 37.4 Å². The number of amides is 2. The second-order valence-corrected chi connectivity index (χ2v) is 7.20. The highest BCUT2D eigenvalue weighted by atomic mass is 16.5. The number of anilines is 1. The van der Waals surface area contributed by atoms with Crippen LogP contribution < -0.4 is 10.1 Å². The molecular weight excluding hydrogens is 340 g/mol. The minimum absolute atomic E-state index is 0.0808. The summed E-state index contributed by atoms with van der Waals surface area (Å²) >= 11 is 0. The van der Waals surface area contributed by atoms with E-state index in [2.05, 4.69) is 5.32 Å². The van der Waals surface area contributed by atoms with Gasteiger partial charge in [-0.05, 0) is 43.4 Å². The number of urea groups is 1. The molecule has 2 aromatic carbocycles. The van der Waals surface area contributed by atoms with E-state index in [1.165, 1.54) is 12.8 Å². The first-order chi connectivity index (χ1) is 13.3. The van der Waals surface area contributed by atoms with Gasteiger partial charge in [0, 0.05) is 18.3 Å². The minimum atomic E-state index is -0.0998. The van der Waals surface area contributed by atoms with E-state index in [1.54, 1.807) is 0 Å². The molecule has 2 aromatic rings. The van der Waals surface area contributed by atoms with Crippen molar-refractivity contribution in [2.75, 3.05) is 25.0 Å². The molecule has 0 aromatic heterocycles. The summed E-state index contributed by atoms with van der Waals surface area (Å²) < 4.78 is 11.9. The highest BCUT2D eigenvalue weighted by Crippen LogP contribution is 2.26. The predicted octanol–water partition coefficient (Wildman–Crippen LogP) is 4.61. The Kier molecular flexibility index (Phi) is 5.58. The maximum Gasteiger partial charge on any atom is 0.322 e. The molecule has 1 N–H and O–H groups in total. The normalized spacial score (nSPS) is 20.4. The Balaban J connectivity index is 1.37. The number of hydrogen-bond acceptors (Lipinski definition) is 3. The number of nitrogens with one attached hydrogen (secondary N) is 1. The largest absolute Gasteiger partial charge is 0.490 e. The summed E-state index contributed by atoms with van der Waals surface area (Å²) in [5.41, 5.74) is 1.86. The van der Waals surface area contributed by atoms with Gasteiger partial charge in [0.2, 0.25) is 0 Å². The van der Waals surface area contributed by atoms with Gasteiger partial charge in [-0.3, -0.25) is 0 Å². The van der Waals surface area contributed by atoms with Crippen LogP contribution in [-0.2, 0) is 4.74 Å². The van der Waals surface area contributed by atoms with E-state index in [4.69, 9.17) is 9.47 Å². The molecule has 0 unspecified atom stereocenters. The zero-order chi connectivity index (χ0) is 18.5. The molecule has 2 fully saturated rings. The van der Waals surface area contributed by atoms with Crippen LogP contribution in [0.4, 0.5) is 10.5 Å². The molecule has 1 aliphatic heterocycles. The molecular formula is C22H26N2O3. The van der Waals surface area contributed by atoms with E-state index in [1.807, 2.05) is 59.5 Å². The number of benzene rings is 2. The van der Waals surface area contributed by atoms with Crippen molar-refractivity contribution in [2.24, 2.45) is 0 Å². The standard InChI is InChI=1S/C22H26N2O3/c25-22(24-13-14-26-21(16-24)17-7-2-1-3-8-17)23-18-9-6-12-20(15-18)27-19-10-4-5-11-19/h1-3,6-9,12,15,19,21H,4-5,10-11,13-14,16H2,(H,23,25)/t21-/m0/s1. The molecule has 1 heterocycles. The third kappa shape index (κ3) is 4.61. The van der Waals surface area contributed by atoms with Gasteiger partial charge < -0.3 is 19.7 Å². The van der Waals surface area contributed by atoms with E-state index in [0.717, 1.165) is 29.8 Å². The Bertz CT molecular complexity index is 759. The van der Waals surface area contributed by atoms with Gasteiger partial charge >= 0.3 is 6.03 Å². The molecule has 0 radical (unpaired) electrons. The molecule has 5 nitrogen and oxygen atoms in total. The fourth-order valence-corrected chi connectivity index (χ4v) is 3.75. The Morgan fingerprint density at radius 2 is 1.89 bits per heavy atom. The predicted molar refractivity (Wildman–Crippen MR) is 105 cm³/mol. The Morgan fingerprint density at radius 3 is 2.70 bits per heavy atom. The first-order valence-electron chi connectivity index (χ1n) is 9.77. The van der Waals surface area contributed by atoms with Crippen molar-refractivity contribution in [3.8, 4) is 5.75 Å². The summed E-state index contributed by atoms with van der Waals surface area (Å²) in [6, 6.07) is 17.6. The Labute approximate surface area is 160 Å². The number of rotatable bonds is 4. The molecule has 0 spiro atoms. The molecule has 5 heteroatoms. The third-order valence-electron chi connectivity index (χ3n) is 5.22. The quantitative estimate of drug-likeness (QED) is 0.859. The first kappa shape index (κ1) is 17.9. The SMILES string of the molecule is O=C(Nc1cccc(OC2CCCC2)c1)N1CCO[C@H](c2ccccc2)C1. The zero-order valence-corrected chi connectivity index (χ0v) is 15.5. The van der Waals surface area contributed by atoms with Crippen molar-refractivity contribution in [2.45, 2.75) is 37.9 Å². The van der Waals surface area contributed by atoms with Gasteiger partial charge in [-0.1, -0.05) is 36.4 Å². The minimum Gasteiger partial charge on any atom is -0.490 e. The van der Waals surface area contributed by atoms with Gasteiger partial charge in [-0.15, -0.1) is 0 Å². The van der Waals surface area contributed by atoms with Crippen LogP contribution in [0.25, 0.3) is 0 Å². The average molecular weight is 366 g/mol. The van der Waals surface area contributed by atoms with Gasteiger partial charge in [0.15, 0.2) is 0 Å². The lowest BCUT2D eigenvalue weighted by Gasteiger charge is -2.33. The molecule has 0 bridgehead atoms. The lowest BCUT2D eigenvalue weighted by Crippen LogP contribution is -2.44. The highest BCUT2D eigenvalue weighted by Gasteiger charge is 2.25. The van der Waals surface area contributed by atoms with Crippen LogP contribution in [0.3, 0.4) is 0 Å². The lowest BCUT2D eigenvalue weighted by atomic mass is 10.1. The molecule has 1 atom stereocenters. The van der Waals surface area contributed by atoms with Crippen molar-refractivity contribution in [1.29, 1.82) is 0 Å². The number of hydrogen-bond donors (Lipinski definition) is 1. The van der Waals surface area contributed by atoms with Crippen molar-refractivity contribution >= 4 is 11.7 Å². The number of ether oxygens (including phenoxy) is 2. The first-order valence-corrected chi connectivity index (χ1v) is 9.77. The molecule has 2 amide bonds. The number of carbonyl (C=O) groups is 1. The molecule has 1 saturated heterocycles. The molecule has 27 heavy (non-hydrogen) atoms. The Morgan fingerprint density at radius 1 is 1.07 bits per heavy atom. The van der Waals surface area contributed by atoms with Gasteiger partial charge in [-0.25, -0.2) is 4.79 Å². The molecule has 1 aliphatic carbocycles. The molecule has 142 valence electrons. The van der Waals surface area contributed by atoms with Crippen molar-refractivity contribution < 1.29 is 14.3 Å². The molecule has 1 saturated carbocycles.